The van der Waals surface area contributed by atoms with Gasteiger partial charge in [0.05, 0.1) is 0 Å². The summed E-state index contributed by atoms with van der Waals surface area (Å²) in [6, 6.07) is 6.92. The van der Waals surface area contributed by atoms with Crippen molar-refractivity contribution in [3.63, 3.8) is 0 Å². The normalized spacial score (nSPS) is 11.5. The Kier molecular flexibility index (Phi) is 67.2. The third-order valence-electron chi connectivity index (χ3n) is 13.7. The van der Waals surface area contributed by atoms with Crippen molar-refractivity contribution in [2.45, 2.75) is 342 Å². The standard InChI is InChI=1S/C14H23N.C11H22O.2C11H24.C10H22O.C9H21N.C9H20/c1-10(2)5-12-7-13(6-11(3)4)9-14(15)8-12;1-9(2)6-5-7-11(12)8-10(3)4;2*1-10(2)8-6-5-7-9-11(3)4;1-6-11-7-10(8(2)3)9(4)5;1-7(2)5-9(10)6-8(3)4;1-8(2)6-5-7-9(3)4/h7-11H,5-6,15H2,1-4H3;9-10H,5-8H2,1-4H3;2*10-11H,5-9H2,1-4H3;8-10H,6-7H2,1-5H3;7-9H,5-6,10H2,1-4H3;8-9H,5-7H2,1-4H3. The van der Waals surface area contributed by atoms with Crippen molar-refractivity contribution in [3.8, 4) is 0 Å². The van der Waals surface area contributed by atoms with Gasteiger partial charge >= 0.3 is 0 Å². The van der Waals surface area contributed by atoms with Gasteiger partial charge in [-0.25, -0.2) is 0 Å². The smallest absolute Gasteiger partial charge is 0.133 e. The maximum Gasteiger partial charge on any atom is 0.133 e. The van der Waals surface area contributed by atoms with Crippen LogP contribution >= 0.6 is 0 Å². The van der Waals surface area contributed by atoms with Gasteiger partial charge in [-0.1, -0.05) is 290 Å². The minimum atomic E-state index is 0.417. The molecule has 0 saturated heterocycles. The number of rotatable bonds is 35. The molecule has 0 bridgehead atoms. The monoisotopic (exact) mass is 1120 g/mol. The first-order valence-electron chi connectivity index (χ1n) is 34.2. The maximum absolute atomic E-state index is 11.2. The quantitative estimate of drug-likeness (QED) is 0.0524. The Morgan fingerprint density at radius 2 is 0.696 bits per heavy atom. The number of hydrogen-bond acceptors (Lipinski definition) is 4. The lowest BCUT2D eigenvalue weighted by Crippen LogP contribution is -2.23. The first-order chi connectivity index (χ1) is 36.5. The van der Waals surface area contributed by atoms with Gasteiger partial charge in [0, 0.05) is 37.8 Å². The minimum absolute atomic E-state index is 0.417. The summed E-state index contributed by atoms with van der Waals surface area (Å²) in [6.45, 7) is 67.0. The van der Waals surface area contributed by atoms with Gasteiger partial charge in [0.1, 0.15) is 5.78 Å². The number of nitrogens with two attached hydrogens (primary N) is 2. The molecule has 0 aliphatic carbocycles. The van der Waals surface area contributed by atoms with Crippen LogP contribution in [0, 0.1) is 88.8 Å². The van der Waals surface area contributed by atoms with E-state index in [4.69, 9.17) is 16.2 Å². The van der Waals surface area contributed by atoms with E-state index in [0.29, 0.717) is 29.6 Å². The molecule has 0 aliphatic rings. The van der Waals surface area contributed by atoms with Crippen molar-refractivity contribution in [1.82, 2.24) is 0 Å². The van der Waals surface area contributed by atoms with E-state index in [9.17, 15) is 4.79 Å². The molecule has 478 valence electrons. The molecular weight excluding hydrogens is 961 g/mol. The zero-order valence-corrected chi connectivity index (χ0v) is 60.2. The number of nitrogen functional groups attached to an aromatic ring is 1. The molecule has 4 heteroatoms. The van der Waals surface area contributed by atoms with Crippen molar-refractivity contribution >= 4 is 11.5 Å². The molecular formula is C75H156N2O2. The molecule has 0 amide bonds. The third kappa shape index (κ3) is 85.5. The number of benzene rings is 1. The van der Waals surface area contributed by atoms with E-state index < -0.39 is 0 Å². The van der Waals surface area contributed by atoms with Gasteiger partial charge in [-0.2, -0.15) is 0 Å². The van der Waals surface area contributed by atoms with Gasteiger partial charge in [0.25, 0.3) is 0 Å². The Bertz CT molecular complexity index is 1250. The largest absolute Gasteiger partial charge is 0.399 e. The van der Waals surface area contributed by atoms with Crippen LogP contribution in [0.15, 0.2) is 18.2 Å². The van der Waals surface area contributed by atoms with Crippen LogP contribution in [0.2, 0.25) is 0 Å². The summed E-state index contributed by atoms with van der Waals surface area (Å²) < 4.78 is 5.42. The van der Waals surface area contributed by atoms with E-state index in [0.717, 1.165) is 135 Å². The molecule has 1 rings (SSSR count). The molecule has 4 nitrogen and oxygen atoms in total. The first-order valence-corrected chi connectivity index (χ1v) is 34.2. The second kappa shape index (κ2) is 59.8. The van der Waals surface area contributed by atoms with Gasteiger partial charge in [-0.3, -0.25) is 4.79 Å². The van der Waals surface area contributed by atoms with Crippen LogP contribution in [0.3, 0.4) is 0 Å². The average molecular weight is 1120 g/mol. The maximum atomic E-state index is 11.2. The first kappa shape index (κ1) is 88.8. The van der Waals surface area contributed by atoms with Crippen molar-refractivity contribution < 1.29 is 9.53 Å². The van der Waals surface area contributed by atoms with Crippen LogP contribution in [0.1, 0.15) is 334 Å². The zero-order chi connectivity index (χ0) is 62.6. The van der Waals surface area contributed by atoms with Crippen molar-refractivity contribution in [3.05, 3.63) is 29.3 Å². The minimum Gasteiger partial charge on any atom is -0.399 e. The molecule has 0 aromatic heterocycles. The fourth-order valence-electron chi connectivity index (χ4n) is 9.45. The van der Waals surface area contributed by atoms with E-state index >= 15 is 0 Å². The van der Waals surface area contributed by atoms with Gasteiger partial charge in [0.15, 0.2) is 0 Å². The van der Waals surface area contributed by atoms with E-state index in [1.165, 1.54) is 101 Å². The summed E-state index contributed by atoms with van der Waals surface area (Å²) in [7, 11) is 0. The molecule has 0 fully saturated rings. The predicted octanol–water partition coefficient (Wildman–Crippen LogP) is 24.4. The summed E-state index contributed by atoms with van der Waals surface area (Å²) in [5, 5.41) is 0. The topological polar surface area (TPSA) is 78.3 Å². The summed E-state index contributed by atoms with van der Waals surface area (Å²) >= 11 is 0. The van der Waals surface area contributed by atoms with Crippen LogP contribution in [0.25, 0.3) is 0 Å². The highest BCUT2D eigenvalue weighted by molar-refractivity contribution is 5.78. The lowest BCUT2D eigenvalue weighted by Gasteiger charge is -2.24. The fraction of sp³-hybridized carbons (Fsp3) is 0.907. The highest BCUT2D eigenvalue weighted by Crippen LogP contribution is 2.21. The van der Waals surface area contributed by atoms with Crippen LogP contribution in [-0.2, 0) is 22.4 Å². The summed E-state index contributed by atoms with van der Waals surface area (Å²) in [5.74, 6) is 12.1. The van der Waals surface area contributed by atoms with Gasteiger partial charge in [0.2, 0.25) is 0 Å². The number of carbonyl (C=O) groups is 1. The fourth-order valence-corrected chi connectivity index (χ4v) is 9.45. The Morgan fingerprint density at radius 1 is 0.392 bits per heavy atom. The molecule has 0 aliphatic heterocycles. The van der Waals surface area contributed by atoms with E-state index in [1.807, 2.05) is 0 Å². The summed E-state index contributed by atoms with van der Waals surface area (Å²) in [6.07, 6.45) is 26.9. The highest BCUT2D eigenvalue weighted by Gasteiger charge is 2.17. The molecule has 0 atom stereocenters. The van der Waals surface area contributed by atoms with Crippen LogP contribution in [0.5, 0.6) is 0 Å². The Hall–Kier alpha value is -1.39. The van der Waals surface area contributed by atoms with Crippen molar-refractivity contribution in [1.29, 1.82) is 0 Å². The molecule has 1 aromatic rings. The van der Waals surface area contributed by atoms with Gasteiger partial charge in [-0.15, -0.1) is 0 Å². The van der Waals surface area contributed by atoms with Crippen molar-refractivity contribution in [2.24, 2.45) is 94.5 Å². The average Bonchev–Trinajstić information content (AvgIpc) is 3.25. The molecule has 0 saturated carbocycles. The second-order valence-corrected chi connectivity index (χ2v) is 30.1. The predicted molar refractivity (Wildman–Crippen MR) is 367 cm³/mol. The van der Waals surface area contributed by atoms with E-state index in [1.54, 1.807) is 0 Å². The third-order valence-corrected chi connectivity index (χ3v) is 13.7. The van der Waals surface area contributed by atoms with Crippen molar-refractivity contribution in [2.75, 3.05) is 18.9 Å². The Morgan fingerprint density at radius 3 is 0.949 bits per heavy atom. The number of ketones is 1. The van der Waals surface area contributed by atoms with Gasteiger partial charge in [-0.05, 0) is 151 Å². The molecule has 79 heavy (non-hydrogen) atoms. The lowest BCUT2D eigenvalue weighted by atomic mass is 9.86. The Labute approximate surface area is 503 Å². The lowest BCUT2D eigenvalue weighted by molar-refractivity contribution is -0.119. The van der Waals surface area contributed by atoms with Crippen LogP contribution in [-0.4, -0.2) is 25.0 Å². The molecule has 1 aromatic carbocycles. The summed E-state index contributed by atoms with van der Waals surface area (Å²) in [5.41, 5.74) is 15.4. The molecule has 0 unspecified atom stereocenters. The highest BCUT2D eigenvalue weighted by atomic mass is 16.5. The summed E-state index contributed by atoms with van der Waals surface area (Å²) in [4.78, 5) is 11.2. The SMILES string of the molecule is CC(C)CC(N)CC(C)C.CC(C)CCCC(=O)CC(C)C.CC(C)CCCC(C)C.CC(C)CCCCCC(C)C.CC(C)CCCCCC(C)C.CC(C)Cc1cc(N)cc(CC(C)C)c1.CCOCC(C(C)C)C(C)C. The second-order valence-electron chi connectivity index (χ2n) is 30.1. The molecule has 0 spiro atoms. The zero-order valence-electron chi connectivity index (χ0n) is 60.2. The van der Waals surface area contributed by atoms with E-state index in [2.05, 4.69) is 219 Å². The molecule has 0 heterocycles. The number of Topliss-reactive ketones (excluding diaryl/α,β-unsaturated/α-hetero) is 1. The number of unbranched alkanes of at least 4 members (excludes halogenated alkanes) is 4. The molecule has 4 N–H and O–H groups in total. The number of ether oxygens (including phenoxy) is 1. The van der Waals surface area contributed by atoms with Crippen LogP contribution in [0.4, 0.5) is 5.69 Å². The van der Waals surface area contributed by atoms with Crippen LogP contribution < -0.4 is 11.5 Å². The van der Waals surface area contributed by atoms with E-state index in [-0.39, 0.29) is 0 Å². The van der Waals surface area contributed by atoms with Gasteiger partial charge < -0.3 is 16.2 Å². The number of carbonyl (C=O) groups excluding carboxylic acids is 1. The molecule has 0 radical (unpaired) electrons. The number of anilines is 1. The number of hydrogen-bond donors (Lipinski definition) is 2. The Balaban J connectivity index is -0.000000198.